The number of benzene rings is 2. The second-order valence-electron chi connectivity index (χ2n) is 6.33. The van der Waals surface area contributed by atoms with Crippen molar-refractivity contribution in [2.45, 2.75) is 13.8 Å². The fraction of sp³-hybridized carbons (Fsp3) is 0.0909. The lowest BCUT2D eigenvalue weighted by Gasteiger charge is -2.09. The quantitative estimate of drug-likeness (QED) is 0.547. The van der Waals surface area contributed by atoms with Gasteiger partial charge < -0.3 is 4.57 Å². The summed E-state index contributed by atoms with van der Waals surface area (Å²) in [5, 5.41) is 21.6. The summed E-state index contributed by atoms with van der Waals surface area (Å²) >= 11 is 0. The molecule has 1 aromatic heterocycles. The topological polar surface area (TPSA) is 94.0 Å². The smallest absolute Gasteiger partial charge is 0.274 e. The first-order valence-corrected chi connectivity index (χ1v) is 8.67. The van der Waals surface area contributed by atoms with E-state index in [4.69, 9.17) is 10.5 Å². The fourth-order valence-corrected chi connectivity index (χ4v) is 2.99. The average molecular weight is 385 g/mol. The number of hydrogen-bond donors (Lipinski definition) is 1. The lowest BCUT2D eigenvalue weighted by atomic mass is 10.1. The third-order valence-corrected chi connectivity index (χ3v) is 4.44. The molecule has 0 unspecified atom stereocenters. The Hall–Kier alpha value is -4.23. The first-order chi connectivity index (χ1) is 13.9. The van der Waals surface area contributed by atoms with Crippen molar-refractivity contribution in [1.82, 2.24) is 9.99 Å². The number of rotatable bonds is 4. The molecule has 3 aromatic rings. The standard InChI is InChI=1S/C22H16FN5O/c1-14-9-18(15(2)28(14)19-6-3-16(11-24)4-7-19)13-26-27-22(29)20-8-5-17(12-25)10-21(20)23/h3-10,13H,1-2H3,(H,27,29)/b26-13+. The summed E-state index contributed by atoms with van der Waals surface area (Å²) in [4.78, 5) is 12.1. The molecule has 0 bridgehead atoms. The zero-order chi connectivity index (χ0) is 21.0. The van der Waals surface area contributed by atoms with Crippen LogP contribution in [-0.2, 0) is 0 Å². The third-order valence-electron chi connectivity index (χ3n) is 4.44. The van der Waals surface area contributed by atoms with Crippen molar-refractivity contribution in [3.63, 3.8) is 0 Å². The summed E-state index contributed by atoms with van der Waals surface area (Å²) in [6, 6.07) is 16.6. The average Bonchev–Trinajstić information content (AvgIpc) is 3.01. The number of hydrogen-bond acceptors (Lipinski definition) is 4. The minimum absolute atomic E-state index is 0.137. The highest BCUT2D eigenvalue weighted by Gasteiger charge is 2.12. The fourth-order valence-electron chi connectivity index (χ4n) is 2.99. The molecule has 0 saturated heterocycles. The molecule has 0 spiro atoms. The molecule has 0 atom stereocenters. The Labute approximate surface area is 167 Å². The largest absolute Gasteiger partial charge is 0.318 e. The highest BCUT2D eigenvalue weighted by molar-refractivity contribution is 5.95. The van der Waals surface area contributed by atoms with Crippen molar-refractivity contribution in [3.05, 3.63) is 88.0 Å². The Bertz CT molecular complexity index is 1190. The number of hydrazone groups is 1. The van der Waals surface area contributed by atoms with E-state index in [9.17, 15) is 9.18 Å². The van der Waals surface area contributed by atoms with E-state index in [1.165, 1.54) is 18.3 Å². The van der Waals surface area contributed by atoms with Crippen molar-refractivity contribution in [3.8, 4) is 17.8 Å². The second-order valence-corrected chi connectivity index (χ2v) is 6.33. The van der Waals surface area contributed by atoms with Gasteiger partial charge >= 0.3 is 0 Å². The van der Waals surface area contributed by atoms with Crippen molar-refractivity contribution in [2.24, 2.45) is 5.10 Å². The molecule has 6 nitrogen and oxygen atoms in total. The maximum atomic E-state index is 13.9. The maximum Gasteiger partial charge on any atom is 0.274 e. The monoisotopic (exact) mass is 385 g/mol. The molecule has 2 aromatic carbocycles. The lowest BCUT2D eigenvalue weighted by Crippen LogP contribution is -2.19. The Morgan fingerprint density at radius 2 is 1.72 bits per heavy atom. The molecule has 0 aliphatic carbocycles. The first-order valence-electron chi connectivity index (χ1n) is 8.67. The molecule has 3 rings (SSSR count). The zero-order valence-electron chi connectivity index (χ0n) is 15.8. The van der Waals surface area contributed by atoms with Gasteiger partial charge in [0.2, 0.25) is 0 Å². The number of aromatic nitrogens is 1. The summed E-state index contributed by atoms with van der Waals surface area (Å²) in [6.07, 6.45) is 1.49. The van der Waals surface area contributed by atoms with Crippen molar-refractivity contribution >= 4 is 12.1 Å². The molecule has 0 aliphatic rings. The van der Waals surface area contributed by atoms with Crippen molar-refractivity contribution in [2.75, 3.05) is 0 Å². The van der Waals surface area contributed by atoms with Crippen LogP contribution in [0.15, 0.2) is 53.6 Å². The molecular formula is C22H16FN5O. The Kier molecular flexibility index (Phi) is 5.52. The van der Waals surface area contributed by atoms with Crippen LogP contribution in [0.1, 0.15) is 38.4 Å². The predicted octanol–water partition coefficient (Wildman–Crippen LogP) is 3.74. The molecular weight excluding hydrogens is 369 g/mol. The molecule has 7 heteroatoms. The van der Waals surface area contributed by atoms with Gasteiger partial charge in [0.05, 0.1) is 35.0 Å². The molecule has 29 heavy (non-hydrogen) atoms. The number of carbonyl (C=O) groups is 1. The van der Waals surface area contributed by atoms with Gasteiger partial charge in [0, 0.05) is 22.6 Å². The van der Waals surface area contributed by atoms with E-state index in [1.54, 1.807) is 12.1 Å². The van der Waals surface area contributed by atoms with E-state index in [0.717, 1.165) is 28.7 Å². The van der Waals surface area contributed by atoms with E-state index in [-0.39, 0.29) is 11.1 Å². The van der Waals surface area contributed by atoms with Gasteiger partial charge in [0.25, 0.3) is 5.91 Å². The molecule has 0 saturated carbocycles. The molecule has 1 amide bonds. The van der Waals surface area contributed by atoms with Crippen LogP contribution >= 0.6 is 0 Å². The highest BCUT2D eigenvalue weighted by atomic mass is 19.1. The number of nitrogens with zero attached hydrogens (tertiary/aromatic N) is 4. The summed E-state index contributed by atoms with van der Waals surface area (Å²) in [6.45, 7) is 3.85. The van der Waals surface area contributed by atoms with Crippen LogP contribution in [0.3, 0.4) is 0 Å². The van der Waals surface area contributed by atoms with Gasteiger partial charge in [-0.3, -0.25) is 4.79 Å². The van der Waals surface area contributed by atoms with Gasteiger partial charge in [-0.1, -0.05) is 0 Å². The Morgan fingerprint density at radius 1 is 1.07 bits per heavy atom. The van der Waals surface area contributed by atoms with Gasteiger partial charge in [-0.05, 0) is 62.4 Å². The number of carbonyl (C=O) groups excluding carboxylic acids is 1. The van der Waals surface area contributed by atoms with Crippen molar-refractivity contribution in [1.29, 1.82) is 10.5 Å². The zero-order valence-corrected chi connectivity index (χ0v) is 15.8. The number of amides is 1. The van der Waals surface area contributed by atoms with E-state index >= 15 is 0 Å². The van der Waals surface area contributed by atoms with Gasteiger partial charge in [0.1, 0.15) is 5.82 Å². The van der Waals surface area contributed by atoms with Gasteiger partial charge in [-0.15, -0.1) is 0 Å². The molecule has 0 fully saturated rings. The number of aryl methyl sites for hydroxylation is 1. The molecule has 0 aliphatic heterocycles. The normalized spacial score (nSPS) is 10.5. The SMILES string of the molecule is Cc1cc(/C=N/NC(=O)c2ccc(C#N)cc2F)c(C)n1-c1ccc(C#N)cc1. The summed E-state index contributed by atoms with van der Waals surface area (Å²) < 4.78 is 15.9. The summed E-state index contributed by atoms with van der Waals surface area (Å²) in [7, 11) is 0. The van der Waals surface area contributed by atoms with Crippen LogP contribution < -0.4 is 5.43 Å². The van der Waals surface area contributed by atoms with Crippen LogP contribution in [0.4, 0.5) is 4.39 Å². The van der Waals surface area contributed by atoms with Crippen LogP contribution in [0.25, 0.3) is 5.69 Å². The maximum absolute atomic E-state index is 13.9. The molecule has 1 heterocycles. The molecule has 142 valence electrons. The third kappa shape index (κ3) is 4.05. The van der Waals surface area contributed by atoms with E-state index < -0.39 is 11.7 Å². The number of nitrogens with one attached hydrogen (secondary N) is 1. The van der Waals surface area contributed by atoms with Crippen molar-refractivity contribution < 1.29 is 9.18 Å². The van der Waals surface area contributed by atoms with Crippen LogP contribution in [0.2, 0.25) is 0 Å². The van der Waals surface area contributed by atoms with Crippen LogP contribution in [-0.4, -0.2) is 16.7 Å². The number of halogens is 1. The Balaban J connectivity index is 1.79. The van der Waals surface area contributed by atoms with Crippen LogP contribution in [0, 0.1) is 42.3 Å². The minimum atomic E-state index is -0.782. The highest BCUT2D eigenvalue weighted by Crippen LogP contribution is 2.20. The number of nitriles is 2. The predicted molar refractivity (Wildman–Crippen MR) is 106 cm³/mol. The van der Waals surface area contributed by atoms with Gasteiger partial charge in [0.15, 0.2) is 0 Å². The van der Waals surface area contributed by atoms with Gasteiger partial charge in [-0.2, -0.15) is 15.6 Å². The van der Waals surface area contributed by atoms with E-state index in [0.29, 0.717) is 5.56 Å². The second kappa shape index (κ2) is 8.20. The van der Waals surface area contributed by atoms with Gasteiger partial charge in [-0.25, -0.2) is 9.82 Å². The minimum Gasteiger partial charge on any atom is -0.318 e. The summed E-state index contributed by atoms with van der Waals surface area (Å²) in [5.74, 6) is -1.49. The molecule has 0 radical (unpaired) electrons. The lowest BCUT2D eigenvalue weighted by molar-refractivity contribution is 0.0951. The molecule has 1 N–H and O–H groups in total. The Morgan fingerprint density at radius 3 is 2.34 bits per heavy atom. The van der Waals surface area contributed by atoms with E-state index in [1.807, 2.05) is 42.7 Å². The van der Waals surface area contributed by atoms with E-state index in [2.05, 4.69) is 16.6 Å². The summed E-state index contributed by atoms with van der Waals surface area (Å²) in [5.41, 5.74) is 6.37. The van der Waals surface area contributed by atoms with Crippen LogP contribution in [0.5, 0.6) is 0 Å². The first kappa shape index (κ1) is 19.5.